The van der Waals surface area contributed by atoms with E-state index in [9.17, 15) is 0 Å². The lowest BCUT2D eigenvalue weighted by Crippen LogP contribution is -2.24. The highest BCUT2D eigenvalue weighted by Gasteiger charge is 2.14. The van der Waals surface area contributed by atoms with Crippen LogP contribution in [-0.4, -0.2) is 31.4 Å². The number of hydrogen-bond donors (Lipinski definition) is 2. The van der Waals surface area contributed by atoms with Crippen molar-refractivity contribution in [1.29, 1.82) is 0 Å². The van der Waals surface area contributed by atoms with Crippen molar-refractivity contribution in [3.63, 3.8) is 0 Å². The Bertz CT molecular complexity index is 449. The highest BCUT2D eigenvalue weighted by atomic mass is 16.5. The Hall–Kier alpha value is -1.76. The molecule has 0 fully saturated rings. The van der Waals surface area contributed by atoms with Crippen molar-refractivity contribution < 1.29 is 4.52 Å². The Morgan fingerprint density at radius 2 is 2.29 bits per heavy atom. The largest absolute Gasteiger partial charge is 0.339 e. The monoisotopic (exact) mass is 236 g/mol. The number of hydrogen-bond acceptors (Lipinski definition) is 6. The molecule has 0 bridgehead atoms. The molecule has 17 heavy (non-hydrogen) atoms. The summed E-state index contributed by atoms with van der Waals surface area (Å²) in [6.45, 7) is 4.27. The van der Waals surface area contributed by atoms with Crippen LogP contribution in [0.2, 0.25) is 0 Å². The predicted molar refractivity (Wildman–Crippen MR) is 60.8 cm³/mol. The maximum absolute atomic E-state index is 5.97. The van der Waals surface area contributed by atoms with Gasteiger partial charge < -0.3 is 10.3 Å². The molecule has 0 aliphatic carbocycles. The zero-order chi connectivity index (χ0) is 12.3. The molecule has 0 spiro atoms. The van der Waals surface area contributed by atoms with Gasteiger partial charge in [0.15, 0.2) is 5.82 Å². The van der Waals surface area contributed by atoms with Crippen molar-refractivity contribution in [1.82, 2.24) is 25.3 Å². The van der Waals surface area contributed by atoms with E-state index < -0.39 is 0 Å². The Morgan fingerprint density at radius 3 is 2.94 bits per heavy atom. The maximum atomic E-state index is 5.97. The van der Waals surface area contributed by atoms with Crippen molar-refractivity contribution in [2.75, 3.05) is 0 Å². The number of rotatable bonds is 5. The van der Waals surface area contributed by atoms with Crippen LogP contribution in [-0.2, 0) is 6.42 Å². The summed E-state index contributed by atoms with van der Waals surface area (Å²) in [7, 11) is 0. The summed E-state index contributed by atoms with van der Waals surface area (Å²) in [4.78, 5) is 8.15. The number of aromatic amines is 1. The molecule has 0 saturated carbocycles. The molecule has 2 aromatic heterocycles. The summed E-state index contributed by atoms with van der Waals surface area (Å²) in [5.41, 5.74) is 5.97. The van der Waals surface area contributed by atoms with Gasteiger partial charge in [0.2, 0.25) is 11.7 Å². The quantitative estimate of drug-likeness (QED) is 0.794. The smallest absolute Gasteiger partial charge is 0.239 e. The lowest BCUT2D eigenvalue weighted by Gasteiger charge is -2.10. The van der Waals surface area contributed by atoms with E-state index in [1.807, 2.05) is 0 Å². The molecule has 7 nitrogen and oxygen atoms in total. The van der Waals surface area contributed by atoms with Crippen LogP contribution >= 0.6 is 0 Å². The van der Waals surface area contributed by atoms with E-state index >= 15 is 0 Å². The molecule has 1 unspecified atom stereocenters. The lowest BCUT2D eigenvalue weighted by molar-refractivity contribution is 0.359. The first-order valence-electron chi connectivity index (χ1n) is 5.59. The molecule has 0 aliphatic heterocycles. The first kappa shape index (κ1) is 11.7. The molecule has 0 aliphatic rings. The minimum absolute atomic E-state index is 0.0398. The Labute approximate surface area is 98.8 Å². The molecule has 92 valence electrons. The fraction of sp³-hybridized carbons (Fsp3) is 0.600. The van der Waals surface area contributed by atoms with Crippen molar-refractivity contribution in [2.24, 2.45) is 11.7 Å². The van der Waals surface area contributed by atoms with Gasteiger partial charge in [-0.15, -0.1) is 0 Å². The predicted octanol–water partition coefficient (Wildman–Crippen LogP) is 0.771. The van der Waals surface area contributed by atoms with E-state index in [0.29, 0.717) is 29.9 Å². The minimum Gasteiger partial charge on any atom is -0.339 e. The van der Waals surface area contributed by atoms with Gasteiger partial charge in [0.05, 0.1) is 0 Å². The molecule has 7 heteroatoms. The lowest BCUT2D eigenvalue weighted by atomic mass is 10.0. The van der Waals surface area contributed by atoms with Crippen LogP contribution in [0.3, 0.4) is 0 Å². The van der Waals surface area contributed by atoms with E-state index in [1.54, 1.807) is 0 Å². The molecule has 3 N–H and O–H groups in total. The fourth-order valence-electron chi connectivity index (χ4n) is 1.66. The van der Waals surface area contributed by atoms with Gasteiger partial charge in [-0.25, -0.2) is 4.98 Å². The van der Waals surface area contributed by atoms with Gasteiger partial charge in [0.1, 0.15) is 6.33 Å². The van der Waals surface area contributed by atoms with E-state index in [-0.39, 0.29) is 6.04 Å². The standard InChI is InChI=1S/C10H16N6O/c1-6(2)3-7(11)4-8-14-10(16-17-8)9-12-5-13-15-9/h5-7H,3-4,11H2,1-2H3,(H,12,13,15). The maximum Gasteiger partial charge on any atom is 0.239 e. The van der Waals surface area contributed by atoms with Gasteiger partial charge in [-0.1, -0.05) is 19.0 Å². The zero-order valence-electron chi connectivity index (χ0n) is 9.92. The van der Waals surface area contributed by atoms with Crippen LogP contribution in [0.5, 0.6) is 0 Å². The molecule has 2 heterocycles. The fourth-order valence-corrected chi connectivity index (χ4v) is 1.66. The molecule has 0 radical (unpaired) electrons. The summed E-state index contributed by atoms with van der Waals surface area (Å²) < 4.78 is 5.11. The third-order valence-corrected chi connectivity index (χ3v) is 2.31. The Morgan fingerprint density at radius 1 is 1.47 bits per heavy atom. The molecule has 1 atom stereocenters. The second kappa shape index (κ2) is 5.05. The van der Waals surface area contributed by atoms with E-state index in [4.69, 9.17) is 10.3 Å². The summed E-state index contributed by atoms with van der Waals surface area (Å²) in [5, 5.41) is 10.2. The van der Waals surface area contributed by atoms with Gasteiger partial charge in [-0.05, 0) is 12.3 Å². The van der Waals surface area contributed by atoms with E-state index in [1.165, 1.54) is 6.33 Å². The molecule has 0 aromatic carbocycles. The first-order valence-corrected chi connectivity index (χ1v) is 5.59. The van der Waals surface area contributed by atoms with Crippen molar-refractivity contribution in [2.45, 2.75) is 32.7 Å². The molecular weight excluding hydrogens is 220 g/mol. The summed E-state index contributed by atoms with van der Waals surface area (Å²) in [6, 6.07) is 0.0398. The topological polar surface area (TPSA) is 107 Å². The average molecular weight is 236 g/mol. The summed E-state index contributed by atoms with van der Waals surface area (Å²) in [5.74, 6) is 2.00. The van der Waals surface area contributed by atoms with E-state index in [2.05, 4.69) is 39.2 Å². The second-order valence-corrected chi connectivity index (χ2v) is 4.44. The van der Waals surface area contributed by atoms with Gasteiger partial charge in [0.25, 0.3) is 0 Å². The third-order valence-electron chi connectivity index (χ3n) is 2.31. The van der Waals surface area contributed by atoms with Crippen molar-refractivity contribution >= 4 is 0 Å². The second-order valence-electron chi connectivity index (χ2n) is 4.44. The number of aromatic nitrogens is 5. The Balaban J connectivity index is 1.99. The van der Waals surface area contributed by atoms with Gasteiger partial charge in [-0.2, -0.15) is 10.1 Å². The molecule has 0 saturated heterocycles. The van der Waals surface area contributed by atoms with Crippen LogP contribution in [0.4, 0.5) is 0 Å². The number of nitrogens with two attached hydrogens (primary N) is 1. The van der Waals surface area contributed by atoms with Crippen LogP contribution in [0, 0.1) is 5.92 Å². The SMILES string of the molecule is CC(C)CC(N)Cc1nc(-c2ncn[nH]2)no1. The van der Waals surface area contributed by atoms with Crippen molar-refractivity contribution in [3.05, 3.63) is 12.2 Å². The number of nitrogens with zero attached hydrogens (tertiary/aromatic N) is 4. The van der Waals surface area contributed by atoms with Crippen LogP contribution < -0.4 is 5.73 Å². The van der Waals surface area contributed by atoms with Crippen LogP contribution in [0.25, 0.3) is 11.6 Å². The summed E-state index contributed by atoms with van der Waals surface area (Å²) in [6.07, 6.45) is 2.91. The van der Waals surface area contributed by atoms with Gasteiger partial charge in [0, 0.05) is 12.5 Å². The van der Waals surface area contributed by atoms with Gasteiger partial charge in [-0.3, -0.25) is 5.10 Å². The average Bonchev–Trinajstić information content (AvgIpc) is 2.84. The summed E-state index contributed by atoms with van der Waals surface area (Å²) >= 11 is 0. The highest BCUT2D eigenvalue weighted by molar-refractivity contribution is 5.39. The normalized spacial score (nSPS) is 13.2. The minimum atomic E-state index is 0.0398. The zero-order valence-corrected chi connectivity index (χ0v) is 9.92. The number of nitrogens with one attached hydrogen (secondary N) is 1. The Kier molecular flexibility index (Phi) is 3.48. The van der Waals surface area contributed by atoms with Gasteiger partial charge >= 0.3 is 0 Å². The van der Waals surface area contributed by atoms with Crippen molar-refractivity contribution in [3.8, 4) is 11.6 Å². The van der Waals surface area contributed by atoms with E-state index in [0.717, 1.165) is 6.42 Å². The van der Waals surface area contributed by atoms with Crippen LogP contribution in [0.1, 0.15) is 26.2 Å². The first-order chi connectivity index (χ1) is 8.15. The number of H-pyrrole nitrogens is 1. The highest BCUT2D eigenvalue weighted by Crippen LogP contribution is 2.12. The molecule has 0 amide bonds. The molecule has 2 aromatic rings. The van der Waals surface area contributed by atoms with Crippen LogP contribution in [0.15, 0.2) is 10.9 Å². The third kappa shape index (κ3) is 3.10. The molecular formula is C10H16N6O. The molecule has 2 rings (SSSR count).